The van der Waals surface area contributed by atoms with E-state index in [1.165, 1.54) is 18.2 Å². The van der Waals surface area contributed by atoms with Gasteiger partial charge in [-0.1, -0.05) is 38.5 Å². The van der Waals surface area contributed by atoms with Crippen LogP contribution in [0.1, 0.15) is 62.7 Å². The van der Waals surface area contributed by atoms with E-state index in [2.05, 4.69) is 4.99 Å². The molecule has 0 atom stereocenters. The molecule has 1 aliphatic heterocycles. The summed E-state index contributed by atoms with van der Waals surface area (Å²) in [6.07, 6.45) is 8.05. The summed E-state index contributed by atoms with van der Waals surface area (Å²) in [5, 5.41) is 20.1. The van der Waals surface area contributed by atoms with Gasteiger partial charge in [0.05, 0.1) is 10.9 Å². The van der Waals surface area contributed by atoms with Crippen molar-refractivity contribution in [2.75, 3.05) is 0 Å². The maximum Gasteiger partial charge on any atom is 0.303 e. The third-order valence-corrected chi connectivity index (χ3v) is 6.74. The molecular weight excluding hydrogens is 439 g/mol. The third kappa shape index (κ3) is 5.86. The Labute approximate surface area is 188 Å². The molecule has 0 fully saturated rings. The molecular formula is C22H25FN2O4S2. The third-order valence-electron chi connectivity index (χ3n) is 5.28. The highest BCUT2D eigenvalue weighted by atomic mass is 32.1. The highest BCUT2D eigenvalue weighted by Crippen LogP contribution is 2.33. The van der Waals surface area contributed by atoms with Crippen molar-refractivity contribution in [2.45, 2.75) is 64.3 Å². The van der Waals surface area contributed by atoms with E-state index in [1.54, 1.807) is 4.57 Å². The minimum absolute atomic E-state index is 0.0657. The van der Waals surface area contributed by atoms with Gasteiger partial charge in [0.15, 0.2) is 3.95 Å². The van der Waals surface area contributed by atoms with E-state index in [1.807, 2.05) is 0 Å². The molecule has 31 heavy (non-hydrogen) atoms. The van der Waals surface area contributed by atoms with Gasteiger partial charge in [0.2, 0.25) is 5.88 Å². The first-order valence-corrected chi connectivity index (χ1v) is 11.7. The zero-order valence-corrected chi connectivity index (χ0v) is 18.7. The van der Waals surface area contributed by atoms with Gasteiger partial charge in [-0.2, -0.15) is 0 Å². The van der Waals surface area contributed by atoms with E-state index in [0.29, 0.717) is 26.0 Å². The number of carboxylic acids is 1. The second-order valence-corrected chi connectivity index (χ2v) is 9.24. The predicted octanol–water partition coefficient (Wildman–Crippen LogP) is 4.08. The average molecular weight is 465 g/mol. The number of amides is 1. The van der Waals surface area contributed by atoms with E-state index < -0.39 is 17.7 Å². The Bertz CT molecular complexity index is 1150. The molecule has 1 aliphatic rings. The lowest BCUT2D eigenvalue weighted by Crippen LogP contribution is -2.23. The van der Waals surface area contributed by atoms with Crippen LogP contribution in [0.15, 0.2) is 23.2 Å². The van der Waals surface area contributed by atoms with E-state index in [4.69, 9.17) is 17.3 Å². The number of carboxylic acid groups (broad SMARTS) is 1. The molecule has 166 valence electrons. The first-order valence-electron chi connectivity index (χ1n) is 10.5. The number of nitrogens with zero attached hydrogens (tertiary/aromatic N) is 2. The fraction of sp³-hybridized carbons (Fsp3) is 0.455. The molecule has 0 unspecified atom stereocenters. The summed E-state index contributed by atoms with van der Waals surface area (Å²) in [7, 11) is 0. The molecule has 0 aliphatic carbocycles. The predicted molar refractivity (Wildman–Crippen MR) is 119 cm³/mol. The lowest BCUT2D eigenvalue weighted by Gasteiger charge is -2.06. The number of carbonyl (C=O) groups excluding carboxylic acids is 1. The molecule has 0 bridgehead atoms. The van der Waals surface area contributed by atoms with Crippen LogP contribution in [0.2, 0.25) is 0 Å². The molecule has 1 aromatic heterocycles. The van der Waals surface area contributed by atoms with Gasteiger partial charge in [-0.25, -0.2) is 9.38 Å². The van der Waals surface area contributed by atoms with E-state index in [9.17, 15) is 19.1 Å². The van der Waals surface area contributed by atoms with Crippen LogP contribution in [0.5, 0.6) is 5.88 Å². The number of hydrogen-bond donors (Lipinski definition) is 2. The molecule has 9 heteroatoms. The SMILES string of the molecule is O=C(O)CCCCCCCCCCn1c(O)c(C2=c3cc(F)ccc3=NC2=O)sc1=S. The van der Waals surface area contributed by atoms with Gasteiger partial charge < -0.3 is 10.2 Å². The first kappa shape index (κ1) is 23.3. The molecule has 0 radical (unpaired) electrons. The number of aromatic hydroxyl groups is 1. The second-order valence-electron chi connectivity index (χ2n) is 7.60. The number of benzene rings is 1. The molecule has 0 saturated heterocycles. The number of rotatable bonds is 12. The number of unbranched alkanes of at least 4 members (excludes halogenated alkanes) is 7. The normalized spacial score (nSPS) is 12.8. The minimum atomic E-state index is -0.736. The maximum absolute atomic E-state index is 13.7. The number of hydrogen-bond acceptors (Lipinski definition) is 5. The topological polar surface area (TPSA) is 91.9 Å². The number of aliphatic carboxylic acids is 1. The molecule has 2 aromatic rings. The van der Waals surface area contributed by atoms with Crippen molar-refractivity contribution in [1.29, 1.82) is 0 Å². The van der Waals surface area contributed by atoms with Crippen molar-refractivity contribution in [1.82, 2.24) is 4.57 Å². The molecule has 1 aromatic carbocycles. The fourth-order valence-corrected chi connectivity index (χ4v) is 5.06. The van der Waals surface area contributed by atoms with Gasteiger partial charge >= 0.3 is 5.97 Å². The van der Waals surface area contributed by atoms with Gasteiger partial charge in [0.1, 0.15) is 10.7 Å². The van der Waals surface area contributed by atoms with Crippen molar-refractivity contribution < 1.29 is 24.2 Å². The molecule has 0 saturated carbocycles. The minimum Gasteiger partial charge on any atom is -0.493 e. The standard InChI is InChI=1S/C22H25FN2O4S2/c23-14-10-11-16-15(13-14)18(20(28)24-16)19-21(29)25(22(30)31-19)12-8-6-4-2-1-3-5-7-9-17(26)27/h10-11,13,29H,1-9,12H2,(H,26,27). The summed E-state index contributed by atoms with van der Waals surface area (Å²) in [5.74, 6) is -1.77. The summed E-state index contributed by atoms with van der Waals surface area (Å²) < 4.78 is 15.8. The van der Waals surface area contributed by atoms with Crippen molar-refractivity contribution >= 4 is 41.0 Å². The monoisotopic (exact) mass is 464 g/mol. The maximum atomic E-state index is 13.7. The van der Waals surface area contributed by atoms with Crippen molar-refractivity contribution in [3.8, 4) is 5.88 Å². The quantitative estimate of drug-likeness (QED) is 0.365. The van der Waals surface area contributed by atoms with Crippen LogP contribution >= 0.6 is 23.6 Å². The van der Waals surface area contributed by atoms with Crippen LogP contribution in [0.25, 0.3) is 5.57 Å². The van der Waals surface area contributed by atoms with E-state index in [-0.39, 0.29) is 17.9 Å². The zero-order chi connectivity index (χ0) is 22.4. The lowest BCUT2D eigenvalue weighted by atomic mass is 10.1. The molecule has 3 rings (SSSR count). The van der Waals surface area contributed by atoms with Crippen LogP contribution in [-0.2, 0) is 16.1 Å². The van der Waals surface area contributed by atoms with Crippen LogP contribution in [0.3, 0.4) is 0 Å². The van der Waals surface area contributed by atoms with Crippen LogP contribution in [0.4, 0.5) is 4.39 Å². The lowest BCUT2D eigenvalue weighted by molar-refractivity contribution is -0.137. The van der Waals surface area contributed by atoms with Gasteiger partial charge in [0.25, 0.3) is 5.91 Å². The van der Waals surface area contributed by atoms with Gasteiger partial charge in [-0.3, -0.25) is 14.2 Å². The Morgan fingerprint density at radius 1 is 1.10 bits per heavy atom. The molecule has 0 spiro atoms. The number of halogens is 1. The fourth-order valence-electron chi connectivity index (χ4n) is 3.67. The van der Waals surface area contributed by atoms with E-state index >= 15 is 0 Å². The van der Waals surface area contributed by atoms with Crippen molar-refractivity contribution in [3.63, 3.8) is 0 Å². The molecule has 2 N–H and O–H groups in total. The molecule has 1 amide bonds. The Kier molecular flexibility index (Phi) is 8.09. The van der Waals surface area contributed by atoms with Crippen LogP contribution in [-0.4, -0.2) is 26.7 Å². The summed E-state index contributed by atoms with van der Waals surface area (Å²) in [4.78, 5) is 27.1. The summed E-state index contributed by atoms with van der Waals surface area (Å²) in [6, 6.07) is 3.96. The Morgan fingerprint density at radius 3 is 2.42 bits per heavy atom. The zero-order valence-electron chi connectivity index (χ0n) is 17.1. The number of fused-ring (bicyclic) bond motifs is 1. The first-order chi connectivity index (χ1) is 14.9. The smallest absolute Gasteiger partial charge is 0.303 e. The van der Waals surface area contributed by atoms with Crippen molar-refractivity contribution in [2.24, 2.45) is 4.99 Å². The van der Waals surface area contributed by atoms with E-state index in [0.717, 1.165) is 62.7 Å². The Hall–Kier alpha value is -2.39. The van der Waals surface area contributed by atoms with Gasteiger partial charge in [-0.05, 0) is 43.3 Å². The average Bonchev–Trinajstić information content (AvgIpc) is 3.18. The molecule has 2 heterocycles. The Balaban J connectivity index is 1.54. The summed E-state index contributed by atoms with van der Waals surface area (Å²) in [5.41, 5.74) is 0.199. The number of aromatic nitrogens is 1. The van der Waals surface area contributed by atoms with Crippen molar-refractivity contribution in [3.05, 3.63) is 43.4 Å². The number of carbonyl (C=O) groups is 2. The van der Waals surface area contributed by atoms with Gasteiger partial charge in [0, 0.05) is 18.2 Å². The highest BCUT2D eigenvalue weighted by Gasteiger charge is 2.25. The highest BCUT2D eigenvalue weighted by molar-refractivity contribution is 7.73. The Morgan fingerprint density at radius 2 is 1.74 bits per heavy atom. The number of thiazole rings is 1. The molecule has 6 nitrogen and oxygen atoms in total. The van der Waals surface area contributed by atoms with Crippen LogP contribution < -0.4 is 10.6 Å². The van der Waals surface area contributed by atoms with Gasteiger partial charge in [-0.15, -0.1) is 11.3 Å². The van der Waals surface area contributed by atoms with Crippen LogP contribution in [0, 0.1) is 9.77 Å². The summed E-state index contributed by atoms with van der Waals surface area (Å²) in [6.45, 7) is 0.550. The second kappa shape index (κ2) is 10.8. The summed E-state index contributed by atoms with van der Waals surface area (Å²) >= 11 is 6.53. The largest absolute Gasteiger partial charge is 0.493 e.